The fraction of sp³-hybridized carbons (Fsp3) is 0.389. The van der Waals surface area contributed by atoms with Gasteiger partial charge in [0.1, 0.15) is 0 Å². The van der Waals surface area contributed by atoms with Crippen LogP contribution in [-0.2, 0) is 16.0 Å². The number of rotatable bonds is 3. The number of pyridine rings is 1. The average molecular weight is 311 g/mol. The fourth-order valence-corrected chi connectivity index (χ4v) is 3.26. The fourth-order valence-electron chi connectivity index (χ4n) is 3.26. The molecule has 0 unspecified atom stereocenters. The van der Waals surface area contributed by atoms with Crippen molar-refractivity contribution in [1.29, 1.82) is 0 Å². The highest BCUT2D eigenvalue weighted by atomic mass is 16.2. The molecule has 5 nitrogen and oxygen atoms in total. The van der Waals surface area contributed by atoms with Gasteiger partial charge in [-0.1, -0.05) is 24.3 Å². The first-order chi connectivity index (χ1) is 11.1. The summed E-state index contributed by atoms with van der Waals surface area (Å²) in [6.45, 7) is 2.45. The molecule has 23 heavy (non-hydrogen) atoms. The number of carbonyl (C=O) groups is 2. The van der Waals surface area contributed by atoms with Crippen LogP contribution in [0.15, 0.2) is 36.5 Å². The topological polar surface area (TPSA) is 76.3 Å². The minimum absolute atomic E-state index is 0.0293. The molecule has 0 spiro atoms. The van der Waals surface area contributed by atoms with Crippen molar-refractivity contribution in [2.24, 2.45) is 11.7 Å². The van der Waals surface area contributed by atoms with Crippen LogP contribution in [0.5, 0.6) is 0 Å². The third-order valence-electron chi connectivity index (χ3n) is 4.66. The predicted octanol–water partition coefficient (Wildman–Crippen LogP) is 1.89. The Labute approximate surface area is 135 Å². The van der Waals surface area contributed by atoms with Crippen LogP contribution in [0.4, 0.5) is 0 Å². The molecule has 0 aliphatic carbocycles. The molecule has 2 heterocycles. The van der Waals surface area contributed by atoms with Gasteiger partial charge >= 0.3 is 0 Å². The lowest BCUT2D eigenvalue weighted by atomic mass is 9.92. The number of nitrogens with zero attached hydrogens (tertiary/aromatic N) is 2. The number of benzene rings is 1. The number of fused-ring (bicyclic) bond motifs is 1. The van der Waals surface area contributed by atoms with Crippen LogP contribution in [0.25, 0.3) is 10.9 Å². The summed E-state index contributed by atoms with van der Waals surface area (Å²) in [6.07, 6.45) is 3.61. The van der Waals surface area contributed by atoms with E-state index >= 15 is 0 Å². The van der Waals surface area contributed by atoms with Gasteiger partial charge < -0.3 is 10.6 Å². The second-order valence-electron chi connectivity index (χ2n) is 6.24. The van der Waals surface area contributed by atoms with Gasteiger partial charge in [-0.3, -0.25) is 14.6 Å². The van der Waals surface area contributed by atoms with Gasteiger partial charge in [0.05, 0.1) is 17.9 Å². The number of piperidine rings is 1. The van der Waals surface area contributed by atoms with E-state index in [2.05, 4.69) is 4.98 Å². The normalized spacial score (nSPS) is 21.3. The van der Waals surface area contributed by atoms with E-state index in [1.165, 1.54) is 0 Å². The van der Waals surface area contributed by atoms with E-state index in [-0.39, 0.29) is 23.8 Å². The second kappa shape index (κ2) is 6.36. The van der Waals surface area contributed by atoms with Gasteiger partial charge in [0.15, 0.2) is 0 Å². The van der Waals surface area contributed by atoms with E-state index in [0.717, 1.165) is 29.3 Å². The Morgan fingerprint density at radius 2 is 2.04 bits per heavy atom. The molecule has 2 N–H and O–H groups in total. The number of likely N-dealkylation sites (tertiary alicyclic amines) is 1. The molecule has 2 amide bonds. The van der Waals surface area contributed by atoms with Crippen LogP contribution >= 0.6 is 0 Å². The summed E-state index contributed by atoms with van der Waals surface area (Å²) in [6, 6.07) is 9.89. The van der Waals surface area contributed by atoms with Crippen LogP contribution in [0.2, 0.25) is 0 Å². The number of aromatic nitrogens is 1. The molecule has 1 fully saturated rings. The summed E-state index contributed by atoms with van der Waals surface area (Å²) in [4.78, 5) is 30.4. The molecule has 1 aromatic carbocycles. The highest BCUT2D eigenvalue weighted by Gasteiger charge is 2.31. The van der Waals surface area contributed by atoms with Crippen LogP contribution < -0.4 is 5.73 Å². The van der Waals surface area contributed by atoms with Gasteiger partial charge in [-0.2, -0.15) is 0 Å². The van der Waals surface area contributed by atoms with E-state index in [9.17, 15) is 9.59 Å². The largest absolute Gasteiger partial charge is 0.369 e. The Balaban J connectivity index is 1.81. The molecule has 0 saturated carbocycles. The van der Waals surface area contributed by atoms with Crippen molar-refractivity contribution in [3.8, 4) is 0 Å². The van der Waals surface area contributed by atoms with Crippen molar-refractivity contribution >= 4 is 22.7 Å². The zero-order valence-electron chi connectivity index (χ0n) is 13.2. The lowest BCUT2D eigenvalue weighted by Crippen LogP contribution is -2.49. The molecule has 2 aromatic rings. The smallest absolute Gasteiger partial charge is 0.227 e. The van der Waals surface area contributed by atoms with E-state index in [1.54, 1.807) is 11.1 Å². The average Bonchev–Trinajstić information content (AvgIpc) is 2.55. The summed E-state index contributed by atoms with van der Waals surface area (Å²) in [5, 5.41) is 1.03. The van der Waals surface area contributed by atoms with Crippen LogP contribution in [-0.4, -0.2) is 34.3 Å². The van der Waals surface area contributed by atoms with Crippen LogP contribution in [0.3, 0.4) is 0 Å². The summed E-state index contributed by atoms with van der Waals surface area (Å²) >= 11 is 0. The van der Waals surface area contributed by atoms with E-state index in [4.69, 9.17) is 5.73 Å². The molecular formula is C18H21N3O2. The number of nitrogens with two attached hydrogens (primary N) is 1. The molecule has 1 aliphatic rings. The van der Waals surface area contributed by atoms with Gasteiger partial charge in [-0.15, -0.1) is 0 Å². The van der Waals surface area contributed by atoms with E-state index in [1.807, 2.05) is 37.3 Å². The van der Waals surface area contributed by atoms with Gasteiger partial charge in [0.25, 0.3) is 0 Å². The molecule has 1 saturated heterocycles. The summed E-state index contributed by atoms with van der Waals surface area (Å²) < 4.78 is 0. The first-order valence-corrected chi connectivity index (χ1v) is 7.97. The monoisotopic (exact) mass is 311 g/mol. The Morgan fingerprint density at radius 3 is 2.83 bits per heavy atom. The van der Waals surface area contributed by atoms with Gasteiger partial charge in [-0.25, -0.2) is 0 Å². The maximum absolute atomic E-state index is 12.7. The SMILES string of the molecule is C[C@H]1CC[C@H](C(N)=O)CN1C(=O)Cc1cccc2cccnc12. The minimum atomic E-state index is -0.318. The third-order valence-corrected chi connectivity index (χ3v) is 4.66. The van der Waals surface area contributed by atoms with E-state index < -0.39 is 0 Å². The van der Waals surface area contributed by atoms with Crippen molar-refractivity contribution in [3.63, 3.8) is 0 Å². The molecule has 0 bridgehead atoms. The molecule has 3 rings (SSSR count). The highest BCUT2D eigenvalue weighted by Crippen LogP contribution is 2.24. The Hall–Kier alpha value is -2.43. The maximum atomic E-state index is 12.7. The highest BCUT2D eigenvalue weighted by molar-refractivity contribution is 5.88. The zero-order valence-corrected chi connectivity index (χ0v) is 13.2. The molecule has 5 heteroatoms. The van der Waals surface area contributed by atoms with Crippen molar-refractivity contribution in [2.75, 3.05) is 6.54 Å². The summed E-state index contributed by atoms with van der Waals surface area (Å²) in [7, 11) is 0. The van der Waals surface area contributed by atoms with Crippen molar-refractivity contribution in [3.05, 3.63) is 42.1 Å². The molecule has 2 atom stereocenters. The first-order valence-electron chi connectivity index (χ1n) is 7.97. The number of carbonyl (C=O) groups excluding carboxylic acids is 2. The molecule has 120 valence electrons. The number of primary amides is 1. The standard InChI is InChI=1S/C18H21N3O2/c1-12-7-8-15(18(19)23)11-21(12)16(22)10-14-5-2-4-13-6-3-9-20-17(13)14/h2-6,9,12,15H,7-8,10-11H2,1H3,(H2,19,23)/t12-,15-/m0/s1. The van der Waals surface area contributed by atoms with Crippen LogP contribution in [0.1, 0.15) is 25.3 Å². The first kappa shape index (κ1) is 15.5. The van der Waals surface area contributed by atoms with Crippen molar-refractivity contribution in [1.82, 2.24) is 9.88 Å². The van der Waals surface area contributed by atoms with Crippen LogP contribution in [0, 0.1) is 5.92 Å². The van der Waals surface area contributed by atoms with Crippen molar-refractivity contribution in [2.45, 2.75) is 32.2 Å². The van der Waals surface area contributed by atoms with Gasteiger partial charge in [0.2, 0.25) is 11.8 Å². The number of hydrogen-bond donors (Lipinski definition) is 1. The lowest BCUT2D eigenvalue weighted by molar-refractivity contribution is -0.136. The number of hydrogen-bond acceptors (Lipinski definition) is 3. The maximum Gasteiger partial charge on any atom is 0.227 e. The molecule has 1 aliphatic heterocycles. The quantitative estimate of drug-likeness (QED) is 0.940. The second-order valence-corrected chi connectivity index (χ2v) is 6.24. The molecular weight excluding hydrogens is 290 g/mol. The zero-order chi connectivity index (χ0) is 16.4. The Bertz CT molecular complexity index is 739. The lowest BCUT2D eigenvalue weighted by Gasteiger charge is -2.37. The number of para-hydroxylation sites is 1. The Morgan fingerprint density at radius 1 is 1.26 bits per heavy atom. The third kappa shape index (κ3) is 3.18. The Kier molecular flexibility index (Phi) is 4.28. The minimum Gasteiger partial charge on any atom is -0.369 e. The molecule has 1 aromatic heterocycles. The predicted molar refractivity (Wildman–Crippen MR) is 88.5 cm³/mol. The van der Waals surface area contributed by atoms with Crippen molar-refractivity contribution < 1.29 is 9.59 Å². The summed E-state index contributed by atoms with van der Waals surface area (Å²) in [5.41, 5.74) is 7.19. The van der Waals surface area contributed by atoms with E-state index in [0.29, 0.717) is 13.0 Å². The number of amides is 2. The van der Waals surface area contributed by atoms with Gasteiger partial charge in [0, 0.05) is 24.2 Å². The summed E-state index contributed by atoms with van der Waals surface area (Å²) in [5.74, 6) is -0.524. The van der Waals surface area contributed by atoms with Gasteiger partial charge in [-0.05, 0) is 31.4 Å². The molecule has 0 radical (unpaired) electrons.